The van der Waals surface area contributed by atoms with Gasteiger partial charge in [-0.15, -0.1) is 6.58 Å². The Bertz CT molecular complexity index is 894. The highest BCUT2D eigenvalue weighted by molar-refractivity contribution is 7.99. The van der Waals surface area contributed by atoms with Crippen molar-refractivity contribution < 1.29 is 9.53 Å². The van der Waals surface area contributed by atoms with E-state index in [4.69, 9.17) is 4.74 Å². The quantitative estimate of drug-likeness (QED) is 0.313. The summed E-state index contributed by atoms with van der Waals surface area (Å²) < 4.78 is 5.92. The molecule has 1 aromatic heterocycles. The number of para-hydroxylation sites is 1. The third kappa shape index (κ3) is 4.42. The number of ether oxygens (including phenoxy) is 1. The van der Waals surface area contributed by atoms with Crippen LogP contribution in [0.1, 0.15) is 43.2 Å². The molecule has 2 heterocycles. The molecule has 1 atom stereocenters. The lowest BCUT2D eigenvalue weighted by Crippen LogP contribution is -2.31. The predicted molar refractivity (Wildman–Crippen MR) is 108 cm³/mol. The summed E-state index contributed by atoms with van der Waals surface area (Å²) in [6.45, 7) is 6.37. The average molecular weight is 385 g/mol. The van der Waals surface area contributed by atoms with Crippen LogP contribution in [0.25, 0.3) is 0 Å². The molecule has 0 aliphatic carbocycles. The van der Waals surface area contributed by atoms with E-state index in [-0.39, 0.29) is 23.8 Å². The Hall–Kier alpha value is -2.54. The molecule has 0 fully saturated rings. The number of aromatic nitrogens is 2. The van der Waals surface area contributed by atoms with Crippen LogP contribution in [0.15, 0.2) is 46.9 Å². The van der Waals surface area contributed by atoms with Gasteiger partial charge in [-0.05, 0) is 12.5 Å². The average Bonchev–Trinajstić information content (AvgIpc) is 2.66. The Morgan fingerprint density at radius 2 is 2.19 bits per heavy atom. The van der Waals surface area contributed by atoms with Gasteiger partial charge < -0.3 is 15.0 Å². The van der Waals surface area contributed by atoms with E-state index in [0.29, 0.717) is 34.6 Å². The zero-order valence-corrected chi connectivity index (χ0v) is 16.1. The van der Waals surface area contributed by atoms with Crippen LogP contribution in [0.2, 0.25) is 0 Å². The number of thioether (sulfide) groups is 1. The molecule has 0 unspecified atom stereocenters. The minimum Gasteiger partial charge on any atom is -0.493 e. The van der Waals surface area contributed by atoms with Crippen LogP contribution >= 0.6 is 11.8 Å². The maximum absolute atomic E-state index is 12.8. The van der Waals surface area contributed by atoms with E-state index in [1.807, 2.05) is 24.3 Å². The maximum atomic E-state index is 12.8. The molecule has 6 nitrogen and oxygen atoms in total. The topological polar surface area (TPSA) is 84.1 Å². The molecule has 0 radical (unpaired) electrons. The summed E-state index contributed by atoms with van der Waals surface area (Å²) in [5.74, 6) is 1.11. The fourth-order valence-corrected chi connectivity index (χ4v) is 3.65. The first-order valence-electron chi connectivity index (χ1n) is 9.03. The lowest BCUT2D eigenvalue weighted by Gasteiger charge is -2.26. The van der Waals surface area contributed by atoms with Crippen LogP contribution in [-0.4, -0.2) is 28.2 Å². The molecule has 1 aliphatic heterocycles. The highest BCUT2D eigenvalue weighted by Crippen LogP contribution is 2.38. The Morgan fingerprint density at radius 3 is 2.96 bits per heavy atom. The molecule has 1 aromatic carbocycles. The molecule has 1 amide bonds. The summed E-state index contributed by atoms with van der Waals surface area (Å²) in [5, 5.41) is 3.20. The third-order valence-electron chi connectivity index (χ3n) is 4.32. The first kappa shape index (κ1) is 19.2. The number of anilines is 1. The van der Waals surface area contributed by atoms with E-state index < -0.39 is 0 Å². The Labute approximate surface area is 162 Å². The summed E-state index contributed by atoms with van der Waals surface area (Å²) in [6, 6.07) is 7.58. The second-order valence-corrected chi connectivity index (χ2v) is 7.29. The minimum absolute atomic E-state index is 0.159. The summed E-state index contributed by atoms with van der Waals surface area (Å²) in [4.78, 5) is 32.3. The minimum atomic E-state index is -0.388. The van der Waals surface area contributed by atoms with Gasteiger partial charge in [-0.2, -0.15) is 0 Å². The van der Waals surface area contributed by atoms with E-state index in [1.54, 1.807) is 6.08 Å². The van der Waals surface area contributed by atoms with E-state index in [9.17, 15) is 9.59 Å². The lowest BCUT2D eigenvalue weighted by molar-refractivity contribution is -0.116. The summed E-state index contributed by atoms with van der Waals surface area (Å²) in [6.07, 6.45) is 3.90. The van der Waals surface area contributed by atoms with Crippen LogP contribution in [0.5, 0.6) is 5.75 Å². The van der Waals surface area contributed by atoms with Crippen molar-refractivity contribution >= 4 is 23.5 Å². The van der Waals surface area contributed by atoms with Gasteiger partial charge in [-0.25, -0.2) is 4.98 Å². The van der Waals surface area contributed by atoms with Crippen molar-refractivity contribution in [3.63, 3.8) is 0 Å². The summed E-state index contributed by atoms with van der Waals surface area (Å²) in [5.41, 5.74) is 1.08. The standard InChI is InChI=1S/C20H23N3O3S/c1-3-5-10-26-15-9-7-6-8-13(15)14-12-16(24)21-18-17(14)19(25)23-20(22-18)27-11-4-2/h4,6-9,14H,2-3,5,10-12H2,1H3,(H2,21,22,23,24,25)/t14-/m1/s1. The van der Waals surface area contributed by atoms with E-state index in [2.05, 4.69) is 28.8 Å². The Kier molecular flexibility index (Phi) is 6.34. The van der Waals surface area contributed by atoms with Gasteiger partial charge in [0, 0.05) is 23.7 Å². The van der Waals surface area contributed by atoms with E-state index in [1.165, 1.54) is 11.8 Å². The van der Waals surface area contributed by atoms with Gasteiger partial charge in [0.25, 0.3) is 5.56 Å². The van der Waals surface area contributed by atoms with Crippen molar-refractivity contribution in [2.75, 3.05) is 17.7 Å². The predicted octanol–water partition coefficient (Wildman–Crippen LogP) is 3.70. The number of hydrogen-bond donors (Lipinski definition) is 2. The molecule has 0 spiro atoms. The van der Waals surface area contributed by atoms with Gasteiger partial charge in [0.2, 0.25) is 5.91 Å². The van der Waals surface area contributed by atoms with Gasteiger partial charge in [0.15, 0.2) is 5.16 Å². The molecule has 0 saturated carbocycles. The third-order valence-corrected chi connectivity index (χ3v) is 5.19. The number of unbranched alkanes of at least 4 members (excludes halogenated alkanes) is 1. The van der Waals surface area contributed by atoms with Crippen LogP contribution in [0.4, 0.5) is 5.82 Å². The van der Waals surface area contributed by atoms with Crippen LogP contribution in [0.3, 0.4) is 0 Å². The van der Waals surface area contributed by atoms with Crippen molar-refractivity contribution in [2.24, 2.45) is 0 Å². The molecular formula is C20H23N3O3S. The number of carbonyl (C=O) groups is 1. The number of H-pyrrole nitrogens is 1. The molecule has 1 aliphatic rings. The smallest absolute Gasteiger partial charge is 0.257 e. The number of carbonyl (C=O) groups excluding carboxylic acids is 1. The van der Waals surface area contributed by atoms with Crippen molar-refractivity contribution in [1.29, 1.82) is 0 Å². The van der Waals surface area contributed by atoms with E-state index in [0.717, 1.165) is 18.4 Å². The highest BCUT2D eigenvalue weighted by Gasteiger charge is 2.32. The van der Waals surface area contributed by atoms with Crippen molar-refractivity contribution in [3.8, 4) is 5.75 Å². The number of benzene rings is 1. The zero-order chi connectivity index (χ0) is 19.2. The number of amides is 1. The first-order chi connectivity index (χ1) is 13.1. The van der Waals surface area contributed by atoms with Gasteiger partial charge in [-0.1, -0.05) is 49.4 Å². The molecule has 0 saturated heterocycles. The Balaban J connectivity index is 2.01. The van der Waals surface area contributed by atoms with Crippen molar-refractivity contribution in [3.05, 3.63) is 58.4 Å². The molecule has 0 bridgehead atoms. The van der Waals surface area contributed by atoms with Crippen LogP contribution < -0.4 is 15.6 Å². The number of nitrogens with zero attached hydrogens (tertiary/aromatic N) is 1. The molecule has 2 N–H and O–H groups in total. The summed E-state index contributed by atoms with van der Waals surface area (Å²) in [7, 11) is 0. The largest absolute Gasteiger partial charge is 0.493 e. The Morgan fingerprint density at radius 1 is 1.37 bits per heavy atom. The van der Waals surface area contributed by atoms with E-state index >= 15 is 0 Å². The van der Waals surface area contributed by atoms with Gasteiger partial charge in [-0.3, -0.25) is 9.59 Å². The lowest BCUT2D eigenvalue weighted by atomic mass is 9.86. The zero-order valence-electron chi connectivity index (χ0n) is 15.3. The normalized spacial score (nSPS) is 15.7. The number of fused-ring (bicyclic) bond motifs is 1. The molecular weight excluding hydrogens is 362 g/mol. The van der Waals surface area contributed by atoms with Gasteiger partial charge in [0.1, 0.15) is 11.6 Å². The van der Waals surface area contributed by atoms with Crippen molar-refractivity contribution in [1.82, 2.24) is 9.97 Å². The highest BCUT2D eigenvalue weighted by atomic mass is 32.2. The first-order valence-corrected chi connectivity index (χ1v) is 10.0. The summed E-state index contributed by atoms with van der Waals surface area (Å²) >= 11 is 1.36. The van der Waals surface area contributed by atoms with Crippen LogP contribution in [-0.2, 0) is 4.79 Å². The number of hydrogen-bond acceptors (Lipinski definition) is 5. The fraction of sp³-hybridized carbons (Fsp3) is 0.350. The second kappa shape index (κ2) is 8.90. The number of rotatable bonds is 8. The van der Waals surface area contributed by atoms with Crippen LogP contribution in [0, 0.1) is 0 Å². The second-order valence-electron chi connectivity index (χ2n) is 6.28. The van der Waals surface area contributed by atoms with Gasteiger partial charge >= 0.3 is 0 Å². The van der Waals surface area contributed by atoms with Crippen molar-refractivity contribution in [2.45, 2.75) is 37.3 Å². The monoisotopic (exact) mass is 385 g/mol. The van der Waals surface area contributed by atoms with Gasteiger partial charge in [0.05, 0.1) is 12.2 Å². The molecule has 2 aromatic rings. The maximum Gasteiger partial charge on any atom is 0.257 e. The molecule has 7 heteroatoms. The SMILES string of the molecule is C=CCSc1nc2c(c(=O)[nH]1)[C@@H](c1ccccc1OCCCC)CC(=O)N2. The molecule has 27 heavy (non-hydrogen) atoms. The fourth-order valence-electron chi connectivity index (χ4n) is 3.05. The molecule has 3 rings (SSSR count). The molecule has 142 valence electrons. The number of nitrogens with one attached hydrogen (secondary N) is 2. The number of aromatic amines is 1.